The van der Waals surface area contributed by atoms with Crippen LogP contribution in [0.5, 0.6) is 5.75 Å². The van der Waals surface area contributed by atoms with E-state index < -0.39 is 24.5 Å². The predicted molar refractivity (Wildman–Crippen MR) is 61.9 cm³/mol. The van der Waals surface area contributed by atoms with E-state index in [9.17, 15) is 14.4 Å². The molecule has 0 aromatic heterocycles. The van der Waals surface area contributed by atoms with Gasteiger partial charge in [0.1, 0.15) is 18.6 Å². The Kier molecular flexibility index (Phi) is 3.01. The molecule has 0 bridgehead atoms. The molecule has 1 aliphatic heterocycles. The van der Waals surface area contributed by atoms with E-state index >= 15 is 0 Å². The zero-order valence-electron chi connectivity index (χ0n) is 9.62. The molecule has 1 amide bonds. The van der Waals surface area contributed by atoms with Gasteiger partial charge in [-0.05, 0) is 25.1 Å². The fourth-order valence-corrected chi connectivity index (χ4v) is 1.80. The average molecular weight is 249 g/mol. The SMILES string of the molecule is C[C@@H]1Oc2ccc(C=O)cc2N(CC(=O)O)C1=O. The van der Waals surface area contributed by atoms with Gasteiger partial charge in [0, 0.05) is 5.56 Å². The van der Waals surface area contributed by atoms with E-state index in [0.717, 1.165) is 4.90 Å². The van der Waals surface area contributed by atoms with E-state index in [4.69, 9.17) is 9.84 Å². The maximum absolute atomic E-state index is 11.9. The minimum absolute atomic E-state index is 0.310. The molecule has 18 heavy (non-hydrogen) atoms. The van der Waals surface area contributed by atoms with Crippen LogP contribution in [0.1, 0.15) is 17.3 Å². The highest BCUT2D eigenvalue weighted by Gasteiger charge is 2.32. The minimum Gasteiger partial charge on any atom is -0.480 e. The van der Waals surface area contributed by atoms with Crippen LogP contribution in [0.3, 0.4) is 0 Å². The first-order chi connectivity index (χ1) is 8.52. The Morgan fingerprint density at radius 3 is 2.89 bits per heavy atom. The molecule has 2 rings (SSSR count). The Balaban J connectivity index is 2.49. The lowest BCUT2D eigenvalue weighted by molar-refractivity contribution is -0.137. The number of carboxylic acid groups (broad SMARTS) is 1. The second kappa shape index (κ2) is 4.48. The molecule has 0 radical (unpaired) electrons. The van der Waals surface area contributed by atoms with Crippen molar-refractivity contribution in [3.8, 4) is 5.75 Å². The van der Waals surface area contributed by atoms with Crippen LogP contribution in [0, 0.1) is 0 Å². The molecule has 0 saturated carbocycles. The molecule has 1 aromatic rings. The van der Waals surface area contributed by atoms with Gasteiger partial charge in [-0.15, -0.1) is 0 Å². The predicted octanol–water partition coefficient (Wildman–Crippen LogP) is 0.698. The molecular weight excluding hydrogens is 238 g/mol. The topological polar surface area (TPSA) is 83.9 Å². The maximum Gasteiger partial charge on any atom is 0.323 e. The van der Waals surface area contributed by atoms with Gasteiger partial charge in [-0.2, -0.15) is 0 Å². The summed E-state index contributed by atoms with van der Waals surface area (Å²) in [6, 6.07) is 4.54. The first kappa shape index (κ1) is 12.1. The highest BCUT2D eigenvalue weighted by atomic mass is 16.5. The number of aliphatic carboxylic acids is 1. The van der Waals surface area contributed by atoms with E-state index in [-0.39, 0.29) is 0 Å². The molecule has 0 aliphatic carbocycles. The number of rotatable bonds is 3. The minimum atomic E-state index is -1.13. The van der Waals surface area contributed by atoms with E-state index in [1.807, 2.05) is 0 Å². The highest BCUT2D eigenvalue weighted by molar-refractivity contribution is 6.03. The van der Waals surface area contributed by atoms with Crippen LogP contribution >= 0.6 is 0 Å². The van der Waals surface area contributed by atoms with Gasteiger partial charge in [-0.1, -0.05) is 0 Å². The molecule has 1 atom stereocenters. The summed E-state index contributed by atoms with van der Waals surface area (Å²) in [4.78, 5) is 34.5. The molecular formula is C12H11NO5. The van der Waals surface area contributed by atoms with Crippen molar-refractivity contribution < 1.29 is 24.2 Å². The lowest BCUT2D eigenvalue weighted by Gasteiger charge is -2.32. The second-order valence-corrected chi connectivity index (χ2v) is 3.92. The summed E-state index contributed by atoms with van der Waals surface area (Å²) in [6.45, 7) is 1.09. The molecule has 1 heterocycles. The van der Waals surface area contributed by atoms with Crippen LogP contribution in [0.4, 0.5) is 5.69 Å². The maximum atomic E-state index is 11.9. The zero-order chi connectivity index (χ0) is 13.3. The van der Waals surface area contributed by atoms with Gasteiger partial charge in [-0.25, -0.2) is 0 Å². The first-order valence-electron chi connectivity index (χ1n) is 5.32. The van der Waals surface area contributed by atoms with E-state index in [1.54, 1.807) is 19.1 Å². The van der Waals surface area contributed by atoms with Gasteiger partial charge in [0.25, 0.3) is 5.91 Å². The summed E-state index contributed by atoms with van der Waals surface area (Å²) < 4.78 is 5.36. The molecule has 6 nitrogen and oxygen atoms in total. The van der Waals surface area contributed by atoms with E-state index in [1.165, 1.54) is 6.07 Å². The van der Waals surface area contributed by atoms with Crippen molar-refractivity contribution in [3.63, 3.8) is 0 Å². The molecule has 0 saturated heterocycles. The van der Waals surface area contributed by atoms with E-state index in [0.29, 0.717) is 23.3 Å². The number of ether oxygens (including phenoxy) is 1. The lowest BCUT2D eigenvalue weighted by Crippen LogP contribution is -2.46. The Bertz CT molecular complexity index is 525. The molecule has 94 valence electrons. The van der Waals surface area contributed by atoms with Crippen LogP contribution in [-0.2, 0) is 9.59 Å². The van der Waals surface area contributed by atoms with Crippen molar-refractivity contribution in [1.82, 2.24) is 0 Å². The Hall–Kier alpha value is -2.37. The summed E-state index contributed by atoms with van der Waals surface area (Å²) >= 11 is 0. The van der Waals surface area contributed by atoms with Crippen molar-refractivity contribution in [2.45, 2.75) is 13.0 Å². The average Bonchev–Trinajstić information content (AvgIpc) is 2.34. The largest absolute Gasteiger partial charge is 0.480 e. The summed E-state index contributed by atoms with van der Waals surface area (Å²) in [5, 5.41) is 8.82. The highest BCUT2D eigenvalue weighted by Crippen LogP contribution is 2.34. The number of benzene rings is 1. The number of fused-ring (bicyclic) bond motifs is 1. The van der Waals surface area contributed by atoms with Crippen molar-refractivity contribution >= 4 is 23.9 Å². The van der Waals surface area contributed by atoms with Gasteiger partial charge in [0.2, 0.25) is 0 Å². The number of hydrogen-bond acceptors (Lipinski definition) is 4. The molecule has 0 unspecified atom stereocenters. The molecule has 0 spiro atoms. The Morgan fingerprint density at radius 2 is 2.28 bits per heavy atom. The normalized spacial score (nSPS) is 17.9. The smallest absolute Gasteiger partial charge is 0.323 e. The quantitative estimate of drug-likeness (QED) is 0.797. The molecule has 6 heteroatoms. The van der Waals surface area contributed by atoms with Gasteiger partial charge >= 0.3 is 5.97 Å². The number of anilines is 1. The third kappa shape index (κ3) is 2.04. The third-order valence-corrected chi connectivity index (χ3v) is 2.62. The fourth-order valence-electron chi connectivity index (χ4n) is 1.80. The van der Waals surface area contributed by atoms with Gasteiger partial charge in [-0.3, -0.25) is 19.3 Å². The molecule has 1 aliphatic rings. The molecule has 1 aromatic carbocycles. The van der Waals surface area contributed by atoms with Crippen molar-refractivity contribution in [2.75, 3.05) is 11.4 Å². The number of aldehydes is 1. The van der Waals surface area contributed by atoms with Crippen LogP contribution in [0.2, 0.25) is 0 Å². The Morgan fingerprint density at radius 1 is 1.56 bits per heavy atom. The van der Waals surface area contributed by atoms with Crippen LogP contribution < -0.4 is 9.64 Å². The number of carbonyl (C=O) groups excluding carboxylic acids is 2. The summed E-state index contributed by atoms with van der Waals surface area (Å²) in [6.07, 6.45) is -0.110. The van der Waals surface area contributed by atoms with Crippen molar-refractivity contribution in [2.24, 2.45) is 0 Å². The van der Waals surface area contributed by atoms with Crippen LogP contribution in [0.25, 0.3) is 0 Å². The third-order valence-electron chi connectivity index (χ3n) is 2.62. The van der Waals surface area contributed by atoms with Crippen molar-refractivity contribution in [3.05, 3.63) is 23.8 Å². The van der Waals surface area contributed by atoms with Gasteiger partial charge < -0.3 is 9.84 Å². The number of hydrogen-bond donors (Lipinski definition) is 1. The Labute approximate surface area is 103 Å². The number of nitrogens with zero attached hydrogens (tertiary/aromatic N) is 1. The second-order valence-electron chi connectivity index (χ2n) is 3.92. The summed E-state index contributed by atoms with van der Waals surface area (Å²) in [5.41, 5.74) is 0.667. The number of carbonyl (C=O) groups is 3. The zero-order valence-corrected chi connectivity index (χ0v) is 9.62. The van der Waals surface area contributed by atoms with E-state index in [2.05, 4.69) is 0 Å². The van der Waals surface area contributed by atoms with Crippen molar-refractivity contribution in [1.29, 1.82) is 0 Å². The van der Waals surface area contributed by atoms with Gasteiger partial charge in [0.05, 0.1) is 5.69 Å². The first-order valence-corrected chi connectivity index (χ1v) is 5.32. The fraction of sp³-hybridized carbons (Fsp3) is 0.250. The number of carboxylic acids is 1. The van der Waals surface area contributed by atoms with Crippen LogP contribution in [-0.4, -0.2) is 35.9 Å². The summed E-state index contributed by atoms with van der Waals surface area (Å²) in [5.74, 6) is -1.16. The monoisotopic (exact) mass is 249 g/mol. The summed E-state index contributed by atoms with van der Waals surface area (Å²) in [7, 11) is 0. The standard InChI is InChI=1S/C12H11NO5/c1-7-12(17)13(5-11(15)16)9-4-8(6-14)2-3-10(9)18-7/h2-4,6-7H,5H2,1H3,(H,15,16)/t7-/m0/s1. The number of amides is 1. The molecule has 1 N–H and O–H groups in total. The van der Waals surface area contributed by atoms with Crippen LogP contribution in [0.15, 0.2) is 18.2 Å². The molecule has 0 fully saturated rings. The van der Waals surface area contributed by atoms with Gasteiger partial charge in [0.15, 0.2) is 6.10 Å². The lowest BCUT2D eigenvalue weighted by atomic mass is 10.1.